The van der Waals surface area contributed by atoms with Crippen LogP contribution in [0, 0.1) is 0 Å². The van der Waals surface area contributed by atoms with Crippen LogP contribution < -0.4 is 15.0 Å². The molecule has 7 heteroatoms. The van der Waals surface area contributed by atoms with Crippen LogP contribution >= 0.6 is 0 Å². The van der Waals surface area contributed by atoms with E-state index >= 15 is 0 Å². The number of nitrogens with zero attached hydrogens (tertiary/aromatic N) is 2. The molecule has 1 N–H and O–H groups in total. The lowest BCUT2D eigenvalue weighted by Crippen LogP contribution is -2.47. The molecule has 0 aliphatic carbocycles. The molecule has 0 atom stereocenters. The highest BCUT2D eigenvalue weighted by atomic mass is 19.3. The molecule has 1 heterocycles. The second kappa shape index (κ2) is 10.8. The summed E-state index contributed by atoms with van der Waals surface area (Å²) in [6.45, 7) is 2.83. The van der Waals surface area contributed by atoms with E-state index in [1.54, 1.807) is 12.1 Å². The standard InChI is InChI=1S/C22H27F2N3O2/c23-22(24)29-20-9-7-18(8-10-20)17-21(28)25-11-4-12-26-13-15-27(16-14-26)19-5-2-1-3-6-19/h1-3,5-10,22H,4,11-17H2,(H,25,28). The topological polar surface area (TPSA) is 44.8 Å². The van der Waals surface area contributed by atoms with Crippen molar-refractivity contribution in [3.05, 3.63) is 60.2 Å². The normalized spacial score (nSPS) is 14.8. The van der Waals surface area contributed by atoms with Crippen LogP contribution in [-0.2, 0) is 11.2 Å². The number of carbonyl (C=O) groups is 1. The highest BCUT2D eigenvalue weighted by molar-refractivity contribution is 5.78. The van der Waals surface area contributed by atoms with Crippen LogP contribution in [0.5, 0.6) is 5.75 Å². The molecule has 0 radical (unpaired) electrons. The summed E-state index contributed by atoms with van der Waals surface area (Å²) in [4.78, 5) is 16.9. The first-order valence-corrected chi connectivity index (χ1v) is 9.93. The molecule has 29 heavy (non-hydrogen) atoms. The van der Waals surface area contributed by atoms with Gasteiger partial charge < -0.3 is 15.0 Å². The second-order valence-corrected chi connectivity index (χ2v) is 7.07. The lowest BCUT2D eigenvalue weighted by atomic mass is 10.1. The van der Waals surface area contributed by atoms with Gasteiger partial charge >= 0.3 is 6.61 Å². The molecule has 1 amide bonds. The molecule has 1 fully saturated rings. The molecule has 0 aromatic heterocycles. The molecule has 0 spiro atoms. The molecule has 2 aromatic carbocycles. The summed E-state index contributed by atoms with van der Waals surface area (Å²) in [5.41, 5.74) is 2.04. The molecule has 0 unspecified atom stereocenters. The van der Waals surface area contributed by atoms with E-state index in [0.29, 0.717) is 6.54 Å². The number of carbonyl (C=O) groups excluding carboxylic acids is 1. The molecule has 3 rings (SSSR count). The number of benzene rings is 2. The van der Waals surface area contributed by atoms with Crippen LogP contribution in [0.4, 0.5) is 14.5 Å². The van der Waals surface area contributed by atoms with Crippen molar-refractivity contribution in [1.29, 1.82) is 0 Å². The third kappa shape index (κ3) is 7.02. The van der Waals surface area contributed by atoms with Crippen LogP contribution in [0.1, 0.15) is 12.0 Å². The first-order valence-electron chi connectivity index (χ1n) is 9.93. The Labute approximate surface area is 170 Å². The minimum Gasteiger partial charge on any atom is -0.435 e. The Balaban J connectivity index is 1.29. The van der Waals surface area contributed by atoms with Gasteiger partial charge in [0.2, 0.25) is 5.91 Å². The first kappa shape index (κ1) is 21.0. The van der Waals surface area contributed by atoms with E-state index in [1.807, 2.05) is 6.07 Å². The number of para-hydroxylation sites is 1. The Hall–Kier alpha value is -2.67. The third-order valence-electron chi connectivity index (χ3n) is 4.98. The summed E-state index contributed by atoms with van der Waals surface area (Å²) >= 11 is 0. The smallest absolute Gasteiger partial charge is 0.387 e. The van der Waals surface area contributed by atoms with Gasteiger partial charge in [0.1, 0.15) is 5.75 Å². The van der Waals surface area contributed by atoms with E-state index in [0.717, 1.165) is 44.7 Å². The Morgan fingerprint density at radius 1 is 1.00 bits per heavy atom. The highest BCUT2D eigenvalue weighted by Gasteiger charge is 2.16. The Morgan fingerprint density at radius 3 is 2.34 bits per heavy atom. The molecule has 2 aromatic rings. The lowest BCUT2D eigenvalue weighted by molar-refractivity contribution is -0.120. The zero-order chi connectivity index (χ0) is 20.5. The van der Waals surface area contributed by atoms with Gasteiger partial charge in [-0.15, -0.1) is 0 Å². The molecule has 0 saturated carbocycles. The van der Waals surface area contributed by atoms with Gasteiger partial charge in [-0.3, -0.25) is 9.69 Å². The van der Waals surface area contributed by atoms with E-state index in [9.17, 15) is 13.6 Å². The Bertz CT molecular complexity index is 748. The van der Waals surface area contributed by atoms with Gasteiger partial charge in [-0.2, -0.15) is 8.78 Å². The van der Waals surface area contributed by atoms with E-state index in [2.05, 4.69) is 44.1 Å². The van der Waals surface area contributed by atoms with Gasteiger partial charge in [-0.25, -0.2) is 0 Å². The van der Waals surface area contributed by atoms with Crippen molar-refractivity contribution in [2.24, 2.45) is 0 Å². The lowest BCUT2D eigenvalue weighted by Gasteiger charge is -2.36. The van der Waals surface area contributed by atoms with Gasteiger partial charge in [-0.1, -0.05) is 30.3 Å². The zero-order valence-electron chi connectivity index (χ0n) is 16.4. The van der Waals surface area contributed by atoms with E-state index in [4.69, 9.17) is 0 Å². The monoisotopic (exact) mass is 403 g/mol. The Morgan fingerprint density at radius 2 is 1.69 bits per heavy atom. The second-order valence-electron chi connectivity index (χ2n) is 7.07. The summed E-state index contributed by atoms with van der Waals surface area (Å²) in [6.07, 6.45) is 1.13. The van der Waals surface area contributed by atoms with Crippen molar-refractivity contribution in [3.8, 4) is 5.75 Å². The minimum atomic E-state index is -2.84. The maximum absolute atomic E-state index is 12.1. The average Bonchev–Trinajstić information content (AvgIpc) is 2.73. The molecule has 1 saturated heterocycles. The number of rotatable bonds is 9. The number of amides is 1. The van der Waals surface area contributed by atoms with Crippen molar-refractivity contribution < 1.29 is 18.3 Å². The quantitative estimate of drug-likeness (QED) is 0.654. The first-order chi connectivity index (χ1) is 14.1. The molecular weight excluding hydrogens is 376 g/mol. The molecule has 1 aliphatic rings. The zero-order valence-corrected chi connectivity index (χ0v) is 16.4. The summed E-state index contributed by atoms with van der Waals surface area (Å²) in [7, 11) is 0. The van der Waals surface area contributed by atoms with E-state index < -0.39 is 6.61 Å². The van der Waals surface area contributed by atoms with Crippen LogP contribution in [0.15, 0.2) is 54.6 Å². The van der Waals surface area contributed by atoms with E-state index in [-0.39, 0.29) is 18.1 Å². The van der Waals surface area contributed by atoms with Gasteiger partial charge in [0.25, 0.3) is 0 Å². The van der Waals surface area contributed by atoms with Crippen molar-refractivity contribution in [2.75, 3.05) is 44.2 Å². The summed E-state index contributed by atoms with van der Waals surface area (Å²) in [6, 6.07) is 16.6. The number of piperazine rings is 1. The van der Waals surface area contributed by atoms with E-state index in [1.165, 1.54) is 17.8 Å². The number of halogens is 2. The van der Waals surface area contributed by atoms with Crippen LogP contribution in [-0.4, -0.2) is 56.7 Å². The van der Waals surface area contributed by atoms with Gasteiger partial charge in [0.05, 0.1) is 6.42 Å². The maximum atomic E-state index is 12.1. The number of hydrogen-bond donors (Lipinski definition) is 1. The fraction of sp³-hybridized carbons (Fsp3) is 0.409. The predicted molar refractivity (Wildman–Crippen MR) is 109 cm³/mol. The number of hydrogen-bond acceptors (Lipinski definition) is 4. The van der Waals surface area contributed by atoms with Crippen molar-refractivity contribution in [2.45, 2.75) is 19.5 Å². The van der Waals surface area contributed by atoms with Crippen LogP contribution in [0.25, 0.3) is 0 Å². The molecule has 5 nitrogen and oxygen atoms in total. The van der Waals surface area contributed by atoms with Crippen molar-refractivity contribution in [3.63, 3.8) is 0 Å². The van der Waals surface area contributed by atoms with Crippen molar-refractivity contribution >= 4 is 11.6 Å². The van der Waals surface area contributed by atoms with Gasteiger partial charge in [-0.05, 0) is 42.8 Å². The third-order valence-corrected chi connectivity index (χ3v) is 4.98. The molecular formula is C22H27F2N3O2. The number of ether oxygens (including phenoxy) is 1. The van der Waals surface area contributed by atoms with Crippen LogP contribution in [0.3, 0.4) is 0 Å². The van der Waals surface area contributed by atoms with Crippen LogP contribution in [0.2, 0.25) is 0 Å². The number of alkyl halides is 2. The summed E-state index contributed by atoms with van der Waals surface area (Å²) < 4.78 is 28.6. The average molecular weight is 403 g/mol. The number of nitrogens with one attached hydrogen (secondary N) is 1. The largest absolute Gasteiger partial charge is 0.435 e. The molecule has 0 bridgehead atoms. The fourth-order valence-corrected chi connectivity index (χ4v) is 3.44. The maximum Gasteiger partial charge on any atom is 0.387 e. The highest BCUT2D eigenvalue weighted by Crippen LogP contribution is 2.16. The molecule has 1 aliphatic heterocycles. The fourth-order valence-electron chi connectivity index (χ4n) is 3.44. The van der Waals surface area contributed by atoms with Crippen molar-refractivity contribution in [1.82, 2.24) is 10.2 Å². The number of anilines is 1. The summed E-state index contributed by atoms with van der Waals surface area (Å²) in [5.74, 6) is 0.0259. The van der Waals surface area contributed by atoms with Gasteiger partial charge in [0, 0.05) is 38.4 Å². The molecule has 156 valence electrons. The SMILES string of the molecule is O=C(Cc1ccc(OC(F)F)cc1)NCCCN1CCN(c2ccccc2)CC1. The minimum absolute atomic E-state index is 0.0681. The summed E-state index contributed by atoms with van der Waals surface area (Å²) in [5, 5.41) is 2.92. The Kier molecular flexibility index (Phi) is 7.81. The van der Waals surface area contributed by atoms with Gasteiger partial charge in [0.15, 0.2) is 0 Å². The predicted octanol–water partition coefficient (Wildman–Crippen LogP) is 3.16.